The van der Waals surface area contributed by atoms with E-state index in [0.29, 0.717) is 16.5 Å². The molecule has 1 saturated heterocycles. The molecule has 0 spiro atoms. The minimum atomic E-state index is -0.188. The van der Waals surface area contributed by atoms with Crippen molar-refractivity contribution in [1.29, 1.82) is 0 Å². The molecule has 1 fully saturated rings. The van der Waals surface area contributed by atoms with Crippen LogP contribution in [0, 0.1) is 11.8 Å². The second kappa shape index (κ2) is 6.89. The van der Waals surface area contributed by atoms with Gasteiger partial charge in [0.1, 0.15) is 11.5 Å². The zero-order valence-electron chi connectivity index (χ0n) is 11.9. The first-order valence-electron chi connectivity index (χ1n) is 6.76. The molecule has 0 saturated carbocycles. The van der Waals surface area contributed by atoms with Crippen molar-refractivity contribution in [3.8, 4) is 11.8 Å². The molecule has 1 N–H and O–H groups in total. The van der Waals surface area contributed by atoms with Crippen LogP contribution >= 0.6 is 11.3 Å². The number of hydrogen-bond acceptors (Lipinski definition) is 4. The van der Waals surface area contributed by atoms with Crippen LogP contribution in [0.3, 0.4) is 0 Å². The Hall–Kier alpha value is -1.35. The monoisotopic (exact) mass is 292 g/mol. The van der Waals surface area contributed by atoms with Crippen LogP contribution in [0.5, 0.6) is 0 Å². The summed E-state index contributed by atoms with van der Waals surface area (Å²) in [4.78, 5) is 17.2. The molecule has 20 heavy (non-hydrogen) atoms. The van der Waals surface area contributed by atoms with E-state index in [0.717, 1.165) is 19.5 Å². The van der Waals surface area contributed by atoms with Crippen LogP contribution in [0.2, 0.25) is 0 Å². The number of aliphatic hydroxyl groups excluding tert-OH is 1. The van der Waals surface area contributed by atoms with Gasteiger partial charge in [-0.3, -0.25) is 4.79 Å². The van der Waals surface area contributed by atoms with Gasteiger partial charge in [0.2, 0.25) is 0 Å². The van der Waals surface area contributed by atoms with E-state index in [4.69, 9.17) is 5.11 Å². The molecule has 5 heteroatoms. The fourth-order valence-electron chi connectivity index (χ4n) is 2.49. The zero-order valence-corrected chi connectivity index (χ0v) is 12.7. The van der Waals surface area contributed by atoms with Gasteiger partial charge in [0, 0.05) is 25.2 Å². The highest BCUT2D eigenvalue weighted by Crippen LogP contribution is 2.20. The molecular weight excluding hydrogens is 272 g/mol. The van der Waals surface area contributed by atoms with Gasteiger partial charge in [0.25, 0.3) is 5.91 Å². The summed E-state index contributed by atoms with van der Waals surface area (Å²) >= 11 is 1.41. The lowest BCUT2D eigenvalue weighted by molar-refractivity contribution is 0.0766. The van der Waals surface area contributed by atoms with Gasteiger partial charge >= 0.3 is 0 Å². The summed E-state index contributed by atoms with van der Waals surface area (Å²) in [7, 11) is 3.96. The molecule has 1 aliphatic rings. The number of nitrogens with zero attached hydrogens (tertiary/aromatic N) is 2. The first-order valence-corrected chi connectivity index (χ1v) is 7.64. The summed E-state index contributed by atoms with van der Waals surface area (Å²) in [6, 6.07) is 2.28. The molecule has 0 aromatic carbocycles. The first-order chi connectivity index (χ1) is 9.63. The molecule has 1 aliphatic heterocycles. The second-order valence-corrected chi connectivity index (χ2v) is 6.00. The van der Waals surface area contributed by atoms with Crippen LogP contribution in [0.15, 0.2) is 11.4 Å². The summed E-state index contributed by atoms with van der Waals surface area (Å²) in [5.74, 6) is 5.45. The smallest absolute Gasteiger partial charge is 0.265 e. The van der Waals surface area contributed by atoms with E-state index in [2.05, 4.69) is 23.8 Å². The van der Waals surface area contributed by atoms with Crippen LogP contribution in [0.1, 0.15) is 28.1 Å². The third-order valence-electron chi connectivity index (χ3n) is 3.66. The van der Waals surface area contributed by atoms with Gasteiger partial charge < -0.3 is 14.9 Å². The summed E-state index contributed by atoms with van der Waals surface area (Å²) < 4.78 is 0. The van der Waals surface area contributed by atoms with E-state index >= 15 is 0 Å². The molecule has 1 aromatic rings. The van der Waals surface area contributed by atoms with E-state index in [1.165, 1.54) is 17.8 Å². The minimum absolute atomic E-state index is 0.0162. The number of hydrogen-bond donors (Lipinski definition) is 1. The van der Waals surface area contributed by atoms with Crippen molar-refractivity contribution in [2.45, 2.75) is 18.9 Å². The van der Waals surface area contributed by atoms with Gasteiger partial charge in [-0.25, -0.2) is 0 Å². The number of rotatable bonds is 3. The lowest BCUT2D eigenvalue weighted by Crippen LogP contribution is -2.39. The molecule has 2 heterocycles. The number of likely N-dealkylation sites (tertiary alicyclic amines) is 1. The van der Waals surface area contributed by atoms with Crippen molar-refractivity contribution in [3.63, 3.8) is 0 Å². The molecule has 108 valence electrons. The van der Waals surface area contributed by atoms with E-state index < -0.39 is 0 Å². The van der Waals surface area contributed by atoms with Crippen LogP contribution in [0.25, 0.3) is 0 Å². The number of carbonyl (C=O) groups is 1. The number of aliphatic hydroxyl groups is 1. The van der Waals surface area contributed by atoms with Crippen LogP contribution in [-0.2, 0) is 0 Å². The van der Waals surface area contributed by atoms with Gasteiger partial charge in [0.05, 0.1) is 0 Å². The summed E-state index contributed by atoms with van der Waals surface area (Å²) in [6.07, 6.45) is 2.35. The van der Waals surface area contributed by atoms with Gasteiger partial charge in [-0.15, -0.1) is 11.3 Å². The number of likely N-dealkylation sites (N-methyl/N-ethyl adjacent to an activating group) is 2. The Morgan fingerprint density at radius 2 is 2.45 bits per heavy atom. The molecule has 0 bridgehead atoms. The highest BCUT2D eigenvalue weighted by molar-refractivity contribution is 7.12. The van der Waals surface area contributed by atoms with E-state index in [1.54, 1.807) is 4.90 Å². The van der Waals surface area contributed by atoms with Gasteiger partial charge in [-0.05, 0) is 37.9 Å². The Morgan fingerprint density at radius 3 is 3.10 bits per heavy atom. The molecule has 1 atom stereocenters. The van der Waals surface area contributed by atoms with Gasteiger partial charge in [-0.2, -0.15) is 0 Å². The van der Waals surface area contributed by atoms with Gasteiger partial charge in [-0.1, -0.05) is 11.8 Å². The van der Waals surface area contributed by atoms with Crippen molar-refractivity contribution in [2.24, 2.45) is 0 Å². The van der Waals surface area contributed by atoms with Crippen molar-refractivity contribution >= 4 is 17.2 Å². The summed E-state index contributed by atoms with van der Waals surface area (Å²) in [5, 5.41) is 10.6. The van der Waals surface area contributed by atoms with Crippen molar-refractivity contribution < 1.29 is 9.90 Å². The highest BCUT2D eigenvalue weighted by Gasteiger charge is 2.25. The van der Waals surface area contributed by atoms with E-state index in [-0.39, 0.29) is 12.5 Å². The van der Waals surface area contributed by atoms with Crippen LogP contribution in [-0.4, -0.2) is 60.6 Å². The third kappa shape index (κ3) is 3.40. The molecule has 0 aliphatic carbocycles. The molecule has 1 unspecified atom stereocenters. The maximum Gasteiger partial charge on any atom is 0.265 e. The van der Waals surface area contributed by atoms with Crippen molar-refractivity contribution in [1.82, 2.24) is 9.80 Å². The Morgan fingerprint density at radius 1 is 1.65 bits per heavy atom. The Bertz CT molecular complexity index is 529. The topological polar surface area (TPSA) is 43.8 Å². The Balaban J connectivity index is 2.05. The fourth-order valence-corrected chi connectivity index (χ4v) is 3.33. The SMILES string of the molecule is CN(CC1CCCN1C)C(=O)c1sccc1C#CCO. The lowest BCUT2D eigenvalue weighted by atomic mass is 10.2. The van der Waals surface area contributed by atoms with Crippen LogP contribution < -0.4 is 0 Å². The summed E-state index contributed by atoms with van der Waals surface area (Å²) in [6.45, 7) is 1.67. The van der Waals surface area contributed by atoms with Crippen LogP contribution in [0.4, 0.5) is 0 Å². The largest absolute Gasteiger partial charge is 0.384 e. The molecule has 0 radical (unpaired) electrons. The maximum atomic E-state index is 12.5. The summed E-state index contributed by atoms with van der Waals surface area (Å²) in [5.41, 5.74) is 0.709. The normalized spacial score (nSPS) is 18.6. The third-order valence-corrected chi connectivity index (χ3v) is 4.57. The van der Waals surface area contributed by atoms with Crippen molar-refractivity contribution in [2.75, 3.05) is 33.8 Å². The van der Waals surface area contributed by atoms with Gasteiger partial charge in [0.15, 0.2) is 0 Å². The molecule has 2 rings (SSSR count). The standard InChI is InChI=1S/C15H20N2O2S/c1-16-8-3-6-13(16)11-17(2)15(19)14-12(5-4-9-18)7-10-20-14/h7,10,13,18H,3,6,8-9,11H2,1-2H3. The predicted octanol–water partition coefficient (Wildman–Crippen LogP) is 1.26. The minimum Gasteiger partial charge on any atom is -0.384 e. The molecule has 1 amide bonds. The second-order valence-electron chi connectivity index (χ2n) is 5.09. The molecular formula is C15H20N2O2S. The van der Waals surface area contributed by atoms with Crippen molar-refractivity contribution in [3.05, 3.63) is 21.9 Å². The highest BCUT2D eigenvalue weighted by atomic mass is 32.1. The average molecular weight is 292 g/mol. The molecule has 1 aromatic heterocycles. The Kier molecular flexibility index (Phi) is 5.18. The first kappa shape index (κ1) is 15.0. The molecule has 4 nitrogen and oxygen atoms in total. The fraction of sp³-hybridized carbons (Fsp3) is 0.533. The van der Waals surface area contributed by atoms with E-state index in [9.17, 15) is 4.79 Å². The maximum absolute atomic E-state index is 12.5. The zero-order chi connectivity index (χ0) is 14.5. The number of thiophene rings is 1. The van der Waals surface area contributed by atoms with E-state index in [1.807, 2.05) is 18.5 Å². The Labute approximate surface area is 124 Å². The quantitative estimate of drug-likeness (QED) is 0.853. The lowest BCUT2D eigenvalue weighted by Gasteiger charge is -2.25. The average Bonchev–Trinajstić information content (AvgIpc) is 3.05. The predicted molar refractivity (Wildman–Crippen MR) is 80.9 cm³/mol. The number of amides is 1. The number of carbonyl (C=O) groups excluding carboxylic acids is 1.